The Hall–Kier alpha value is -0.920. The Morgan fingerprint density at radius 3 is 3.33 bits per heavy atom. The molecule has 0 aliphatic carbocycles. The molecular weight excluding hydrogens is 114 g/mol. The predicted molar refractivity (Wildman–Crippen MR) is 36.5 cm³/mol. The number of carbonyl (C=O) groups is 1. The number of hydrogen-bond donors (Lipinski definition) is 0. The zero-order chi connectivity index (χ0) is 6.53. The van der Waals surface area contributed by atoms with Crippen molar-refractivity contribution in [2.45, 2.75) is 19.3 Å². The van der Waals surface area contributed by atoms with Gasteiger partial charge >= 0.3 is 0 Å². The quantitative estimate of drug-likeness (QED) is 0.477. The van der Waals surface area contributed by atoms with Crippen molar-refractivity contribution in [3.63, 3.8) is 0 Å². The van der Waals surface area contributed by atoms with Crippen LogP contribution in [0.4, 0.5) is 0 Å². The molecule has 0 aromatic heterocycles. The van der Waals surface area contributed by atoms with Gasteiger partial charge in [-0.25, -0.2) is 4.99 Å². The van der Waals surface area contributed by atoms with Crippen LogP contribution in [0.25, 0.3) is 0 Å². The van der Waals surface area contributed by atoms with Gasteiger partial charge in [0.2, 0.25) is 5.91 Å². The van der Waals surface area contributed by atoms with Crippen LogP contribution in [-0.4, -0.2) is 12.1 Å². The van der Waals surface area contributed by atoms with Crippen molar-refractivity contribution in [2.24, 2.45) is 4.99 Å². The first-order chi connectivity index (χ1) is 4.39. The van der Waals surface area contributed by atoms with Crippen LogP contribution in [-0.2, 0) is 4.79 Å². The molecule has 1 amide bonds. The highest BCUT2D eigenvalue weighted by molar-refractivity contribution is 5.88. The molecule has 48 valence electrons. The highest BCUT2D eigenvalue weighted by Gasteiger charge is 1.96. The minimum absolute atomic E-state index is 0.000602. The molecule has 0 unspecified atom stereocenters. The van der Waals surface area contributed by atoms with E-state index in [9.17, 15) is 4.79 Å². The van der Waals surface area contributed by atoms with E-state index in [1.54, 1.807) is 6.21 Å². The van der Waals surface area contributed by atoms with E-state index in [4.69, 9.17) is 0 Å². The van der Waals surface area contributed by atoms with Crippen molar-refractivity contribution >= 4 is 12.1 Å². The molecule has 1 rings (SSSR count). The number of allylic oxidation sites excluding steroid dienone is 2. The van der Waals surface area contributed by atoms with Crippen LogP contribution in [0.1, 0.15) is 19.3 Å². The molecule has 1 aliphatic heterocycles. The van der Waals surface area contributed by atoms with Crippen molar-refractivity contribution in [2.75, 3.05) is 0 Å². The summed E-state index contributed by atoms with van der Waals surface area (Å²) in [7, 11) is 0. The van der Waals surface area contributed by atoms with Gasteiger partial charge in [-0.3, -0.25) is 4.79 Å². The molecule has 2 nitrogen and oxygen atoms in total. The van der Waals surface area contributed by atoms with Gasteiger partial charge in [-0.2, -0.15) is 0 Å². The SMILES string of the molecule is O=C1CCC/C=C\C=N1. The zero-order valence-electron chi connectivity index (χ0n) is 5.21. The normalized spacial score (nSPS) is 22.9. The van der Waals surface area contributed by atoms with E-state index in [-0.39, 0.29) is 5.91 Å². The average Bonchev–Trinajstić information content (AvgIpc) is 1.79. The lowest BCUT2D eigenvalue weighted by Crippen LogP contribution is -1.94. The van der Waals surface area contributed by atoms with Crippen molar-refractivity contribution in [1.82, 2.24) is 0 Å². The second kappa shape index (κ2) is 3.17. The monoisotopic (exact) mass is 123 g/mol. The third kappa shape index (κ3) is 2.22. The second-order valence-electron chi connectivity index (χ2n) is 1.99. The van der Waals surface area contributed by atoms with Crippen LogP contribution in [0.3, 0.4) is 0 Å². The zero-order valence-corrected chi connectivity index (χ0v) is 5.21. The Balaban J connectivity index is 2.54. The van der Waals surface area contributed by atoms with Gasteiger partial charge in [0.05, 0.1) is 0 Å². The third-order valence-corrected chi connectivity index (χ3v) is 1.20. The minimum atomic E-state index is -0.000602. The van der Waals surface area contributed by atoms with Gasteiger partial charge in [0.25, 0.3) is 0 Å². The Morgan fingerprint density at radius 2 is 2.44 bits per heavy atom. The van der Waals surface area contributed by atoms with Gasteiger partial charge in [-0.1, -0.05) is 6.08 Å². The molecule has 0 N–H and O–H groups in total. The molecule has 0 saturated carbocycles. The lowest BCUT2D eigenvalue weighted by atomic mass is 10.2. The number of carbonyl (C=O) groups excluding carboxylic acids is 1. The molecule has 0 aromatic rings. The van der Waals surface area contributed by atoms with Crippen molar-refractivity contribution in [1.29, 1.82) is 0 Å². The van der Waals surface area contributed by atoms with Gasteiger partial charge in [-0.05, 0) is 18.9 Å². The number of aliphatic imine (C=N–C) groups is 1. The molecule has 0 aromatic carbocycles. The third-order valence-electron chi connectivity index (χ3n) is 1.20. The van der Waals surface area contributed by atoms with E-state index < -0.39 is 0 Å². The van der Waals surface area contributed by atoms with E-state index in [1.807, 2.05) is 12.2 Å². The summed E-state index contributed by atoms with van der Waals surface area (Å²) in [5.74, 6) is -0.000602. The van der Waals surface area contributed by atoms with Gasteiger partial charge in [-0.15, -0.1) is 0 Å². The molecule has 2 heteroatoms. The molecule has 0 atom stereocenters. The smallest absolute Gasteiger partial charge is 0.245 e. The van der Waals surface area contributed by atoms with Gasteiger partial charge in [0.15, 0.2) is 0 Å². The minimum Gasteiger partial charge on any atom is -0.273 e. The summed E-state index contributed by atoms with van der Waals surface area (Å²) in [6.07, 6.45) is 7.93. The first-order valence-electron chi connectivity index (χ1n) is 3.11. The van der Waals surface area contributed by atoms with Crippen LogP contribution in [0, 0.1) is 0 Å². The molecule has 1 heterocycles. The fourth-order valence-corrected chi connectivity index (χ4v) is 0.719. The first-order valence-corrected chi connectivity index (χ1v) is 3.11. The van der Waals surface area contributed by atoms with Crippen LogP contribution in [0.5, 0.6) is 0 Å². The topological polar surface area (TPSA) is 29.4 Å². The molecule has 0 fully saturated rings. The van der Waals surface area contributed by atoms with Crippen LogP contribution in [0.2, 0.25) is 0 Å². The maximum atomic E-state index is 10.6. The largest absolute Gasteiger partial charge is 0.273 e. The Morgan fingerprint density at radius 1 is 1.56 bits per heavy atom. The maximum absolute atomic E-state index is 10.6. The summed E-state index contributed by atoms with van der Waals surface area (Å²) in [4.78, 5) is 14.2. The second-order valence-corrected chi connectivity index (χ2v) is 1.99. The summed E-state index contributed by atoms with van der Waals surface area (Å²) in [5.41, 5.74) is 0. The summed E-state index contributed by atoms with van der Waals surface area (Å²) >= 11 is 0. The van der Waals surface area contributed by atoms with Crippen molar-refractivity contribution in [3.05, 3.63) is 12.2 Å². The van der Waals surface area contributed by atoms with E-state index in [2.05, 4.69) is 4.99 Å². The molecular formula is C7H9NO. The summed E-state index contributed by atoms with van der Waals surface area (Å²) in [6.45, 7) is 0. The fraction of sp³-hybridized carbons (Fsp3) is 0.429. The van der Waals surface area contributed by atoms with Crippen molar-refractivity contribution in [3.8, 4) is 0 Å². The number of nitrogens with zero attached hydrogens (tertiary/aromatic N) is 1. The number of hydrogen-bond acceptors (Lipinski definition) is 1. The van der Waals surface area contributed by atoms with Gasteiger partial charge in [0.1, 0.15) is 0 Å². The molecule has 0 saturated heterocycles. The predicted octanol–water partition coefficient (Wildman–Crippen LogP) is 1.32. The Bertz CT molecular complexity index is 158. The van der Waals surface area contributed by atoms with Gasteiger partial charge in [0, 0.05) is 12.6 Å². The maximum Gasteiger partial charge on any atom is 0.245 e. The highest BCUT2D eigenvalue weighted by Crippen LogP contribution is 1.99. The highest BCUT2D eigenvalue weighted by atomic mass is 16.1. The van der Waals surface area contributed by atoms with Crippen LogP contribution in [0.15, 0.2) is 17.1 Å². The molecule has 1 aliphatic rings. The average molecular weight is 123 g/mol. The van der Waals surface area contributed by atoms with Crippen LogP contribution < -0.4 is 0 Å². The molecule has 0 radical (unpaired) electrons. The summed E-state index contributed by atoms with van der Waals surface area (Å²) < 4.78 is 0. The standard InChI is InChI=1S/C7H9NO/c9-7-5-3-1-2-4-6-8-7/h2,4,6H,1,3,5H2/b4-2-,8-6?. The van der Waals surface area contributed by atoms with Gasteiger partial charge < -0.3 is 0 Å². The van der Waals surface area contributed by atoms with E-state index in [1.165, 1.54) is 0 Å². The lowest BCUT2D eigenvalue weighted by molar-refractivity contribution is -0.117. The number of amides is 1. The Labute approximate surface area is 54.3 Å². The first kappa shape index (κ1) is 6.20. The van der Waals surface area contributed by atoms with Crippen LogP contribution >= 0.6 is 0 Å². The summed E-state index contributed by atoms with van der Waals surface area (Å²) in [6, 6.07) is 0. The van der Waals surface area contributed by atoms with E-state index >= 15 is 0 Å². The van der Waals surface area contributed by atoms with Crippen molar-refractivity contribution < 1.29 is 4.79 Å². The summed E-state index contributed by atoms with van der Waals surface area (Å²) in [5, 5.41) is 0. The molecule has 9 heavy (non-hydrogen) atoms. The molecule has 0 bridgehead atoms. The fourth-order valence-electron chi connectivity index (χ4n) is 0.719. The van der Waals surface area contributed by atoms with E-state index in [0.717, 1.165) is 12.8 Å². The molecule has 0 spiro atoms. The Kier molecular flexibility index (Phi) is 2.19. The van der Waals surface area contributed by atoms with E-state index in [0.29, 0.717) is 6.42 Å². The lowest BCUT2D eigenvalue weighted by Gasteiger charge is -1.93. The number of rotatable bonds is 0.